The molecule has 0 atom stereocenters. The van der Waals surface area contributed by atoms with Gasteiger partial charge in [0.2, 0.25) is 0 Å². The molecule has 0 spiro atoms. The summed E-state index contributed by atoms with van der Waals surface area (Å²) in [6, 6.07) is 7.37. The summed E-state index contributed by atoms with van der Waals surface area (Å²) < 4.78 is 16.4. The lowest BCUT2D eigenvalue weighted by Crippen LogP contribution is -2.06. The van der Waals surface area contributed by atoms with Crippen LogP contribution in [0.2, 0.25) is 0 Å². The lowest BCUT2D eigenvalue weighted by atomic mass is 10.1. The van der Waals surface area contributed by atoms with Crippen LogP contribution in [0.1, 0.15) is 5.69 Å². The van der Waals surface area contributed by atoms with Crippen molar-refractivity contribution in [2.24, 2.45) is 5.16 Å². The first-order chi connectivity index (χ1) is 11.8. The maximum atomic E-state index is 8.80. The van der Waals surface area contributed by atoms with Crippen molar-refractivity contribution in [1.29, 1.82) is 0 Å². The van der Waals surface area contributed by atoms with Gasteiger partial charge in [0.05, 0.1) is 36.5 Å². The zero-order valence-electron chi connectivity index (χ0n) is 13.4. The summed E-state index contributed by atoms with van der Waals surface area (Å²) in [6.45, 7) is 0.873. The second kappa shape index (κ2) is 7.10. The Kier molecular flexibility index (Phi) is 4.72. The van der Waals surface area contributed by atoms with Gasteiger partial charge in [-0.05, 0) is 12.1 Å². The van der Waals surface area contributed by atoms with Crippen LogP contribution in [0.25, 0.3) is 21.8 Å². The monoisotopic (exact) mass is 327 g/mol. The highest BCUT2D eigenvalue weighted by Gasteiger charge is 2.16. The van der Waals surface area contributed by atoms with E-state index in [1.807, 2.05) is 18.2 Å². The van der Waals surface area contributed by atoms with E-state index in [1.165, 1.54) is 6.21 Å². The van der Waals surface area contributed by atoms with E-state index in [-0.39, 0.29) is 0 Å². The molecule has 1 N–H and O–H groups in total. The van der Waals surface area contributed by atoms with Crippen LogP contribution < -0.4 is 9.47 Å². The number of ether oxygens (including phenoxy) is 3. The molecular formula is C17H17N3O4. The van der Waals surface area contributed by atoms with E-state index in [0.29, 0.717) is 35.9 Å². The summed E-state index contributed by atoms with van der Waals surface area (Å²) in [4.78, 5) is 8.95. The molecule has 0 unspecified atom stereocenters. The highest BCUT2D eigenvalue weighted by Crippen LogP contribution is 2.37. The summed E-state index contributed by atoms with van der Waals surface area (Å²) in [5.41, 5.74) is 1.80. The van der Waals surface area contributed by atoms with E-state index in [2.05, 4.69) is 15.1 Å². The van der Waals surface area contributed by atoms with Gasteiger partial charge in [0.1, 0.15) is 23.6 Å². The van der Waals surface area contributed by atoms with Crippen LogP contribution in [0.5, 0.6) is 11.5 Å². The van der Waals surface area contributed by atoms with E-state index in [0.717, 1.165) is 16.3 Å². The average Bonchev–Trinajstić information content (AvgIpc) is 2.61. The Hall–Kier alpha value is -2.93. The number of benzene rings is 1. The van der Waals surface area contributed by atoms with Gasteiger partial charge in [0, 0.05) is 24.8 Å². The van der Waals surface area contributed by atoms with E-state index in [1.54, 1.807) is 26.5 Å². The zero-order valence-corrected chi connectivity index (χ0v) is 13.4. The first-order valence-corrected chi connectivity index (χ1v) is 7.34. The Balaban J connectivity index is 2.31. The van der Waals surface area contributed by atoms with E-state index >= 15 is 0 Å². The van der Waals surface area contributed by atoms with Crippen LogP contribution in [0.3, 0.4) is 0 Å². The van der Waals surface area contributed by atoms with Crippen molar-refractivity contribution in [3.63, 3.8) is 0 Å². The number of rotatable bonds is 6. The van der Waals surface area contributed by atoms with Gasteiger partial charge in [-0.25, -0.2) is 4.98 Å². The molecule has 3 aromatic rings. The van der Waals surface area contributed by atoms with Gasteiger partial charge in [-0.2, -0.15) is 0 Å². The van der Waals surface area contributed by atoms with Gasteiger partial charge in [-0.15, -0.1) is 0 Å². The third kappa shape index (κ3) is 2.93. The SMILES string of the molecule is COCCOc1cc2cccnc2c2nc(C=NO)cc(OC)c12. The number of pyridine rings is 2. The summed E-state index contributed by atoms with van der Waals surface area (Å²) in [7, 11) is 3.19. The number of fused-ring (bicyclic) bond motifs is 3. The molecule has 7 heteroatoms. The van der Waals surface area contributed by atoms with Crippen LogP contribution in [0, 0.1) is 0 Å². The summed E-state index contributed by atoms with van der Waals surface area (Å²) in [5, 5.41) is 13.5. The molecule has 124 valence electrons. The Labute approximate surface area is 138 Å². The number of methoxy groups -OCH3 is 2. The molecule has 2 aromatic heterocycles. The molecule has 0 aliphatic rings. The number of hydrogen-bond acceptors (Lipinski definition) is 7. The third-order valence-electron chi connectivity index (χ3n) is 3.55. The maximum absolute atomic E-state index is 8.80. The predicted octanol–water partition coefficient (Wildman–Crippen LogP) is 2.62. The van der Waals surface area contributed by atoms with Gasteiger partial charge < -0.3 is 19.4 Å². The quantitative estimate of drug-likeness (QED) is 0.246. The second-order valence-corrected chi connectivity index (χ2v) is 5.01. The Morgan fingerprint density at radius 1 is 1.17 bits per heavy atom. The first kappa shape index (κ1) is 15.9. The summed E-state index contributed by atoms with van der Waals surface area (Å²) in [6.07, 6.45) is 2.95. The normalized spacial score (nSPS) is 11.4. The summed E-state index contributed by atoms with van der Waals surface area (Å²) in [5.74, 6) is 1.20. The fraction of sp³-hybridized carbons (Fsp3) is 0.235. The predicted molar refractivity (Wildman–Crippen MR) is 90.3 cm³/mol. The minimum Gasteiger partial charge on any atom is -0.496 e. The van der Waals surface area contributed by atoms with Crippen LogP contribution in [-0.2, 0) is 4.74 Å². The van der Waals surface area contributed by atoms with Crippen molar-refractivity contribution in [2.75, 3.05) is 27.4 Å². The van der Waals surface area contributed by atoms with E-state index in [4.69, 9.17) is 19.4 Å². The lowest BCUT2D eigenvalue weighted by molar-refractivity contribution is 0.147. The van der Waals surface area contributed by atoms with Crippen molar-refractivity contribution in [2.45, 2.75) is 0 Å². The lowest BCUT2D eigenvalue weighted by Gasteiger charge is -2.14. The van der Waals surface area contributed by atoms with Gasteiger partial charge in [0.15, 0.2) is 0 Å². The van der Waals surface area contributed by atoms with Gasteiger partial charge in [-0.1, -0.05) is 11.2 Å². The molecule has 3 rings (SSSR count). The van der Waals surface area contributed by atoms with Crippen molar-refractivity contribution >= 4 is 28.0 Å². The smallest absolute Gasteiger partial charge is 0.134 e. The van der Waals surface area contributed by atoms with Crippen LogP contribution in [0.15, 0.2) is 35.6 Å². The highest BCUT2D eigenvalue weighted by molar-refractivity contribution is 6.09. The molecule has 0 saturated heterocycles. The number of nitrogens with zero attached hydrogens (tertiary/aromatic N) is 3. The van der Waals surface area contributed by atoms with Gasteiger partial charge >= 0.3 is 0 Å². The number of aromatic nitrogens is 2. The van der Waals surface area contributed by atoms with Crippen LogP contribution >= 0.6 is 0 Å². The largest absolute Gasteiger partial charge is 0.496 e. The molecule has 0 radical (unpaired) electrons. The molecule has 1 aromatic carbocycles. The highest BCUT2D eigenvalue weighted by atomic mass is 16.5. The zero-order chi connectivity index (χ0) is 16.9. The van der Waals surface area contributed by atoms with E-state index < -0.39 is 0 Å². The van der Waals surface area contributed by atoms with Gasteiger partial charge in [-0.3, -0.25) is 4.98 Å². The molecule has 2 heterocycles. The van der Waals surface area contributed by atoms with Crippen molar-refractivity contribution in [3.05, 3.63) is 36.2 Å². The third-order valence-corrected chi connectivity index (χ3v) is 3.55. The maximum Gasteiger partial charge on any atom is 0.134 e. The fourth-order valence-corrected chi connectivity index (χ4v) is 2.53. The Bertz CT molecular complexity index is 896. The van der Waals surface area contributed by atoms with Crippen molar-refractivity contribution in [1.82, 2.24) is 9.97 Å². The Morgan fingerprint density at radius 3 is 2.79 bits per heavy atom. The molecule has 0 bridgehead atoms. The fourth-order valence-electron chi connectivity index (χ4n) is 2.53. The molecule has 0 fully saturated rings. The molecule has 7 nitrogen and oxygen atoms in total. The van der Waals surface area contributed by atoms with Gasteiger partial charge in [0.25, 0.3) is 0 Å². The average molecular weight is 327 g/mol. The minimum absolute atomic E-state index is 0.403. The molecule has 0 saturated carbocycles. The standard InChI is InChI=1S/C17H17N3O4/c1-22-6-7-24-14-8-11-4-3-5-18-16(11)17-15(14)13(23-2)9-12(20-17)10-19-21/h3-5,8-10,21H,6-7H2,1-2H3. The topological polar surface area (TPSA) is 86.1 Å². The molecule has 24 heavy (non-hydrogen) atoms. The van der Waals surface area contributed by atoms with Crippen molar-refractivity contribution < 1.29 is 19.4 Å². The number of hydrogen-bond donors (Lipinski definition) is 1. The van der Waals surface area contributed by atoms with Crippen molar-refractivity contribution in [3.8, 4) is 11.5 Å². The number of oxime groups is 1. The molecular weight excluding hydrogens is 310 g/mol. The van der Waals surface area contributed by atoms with Crippen LogP contribution in [-0.4, -0.2) is 48.8 Å². The molecule has 0 aliphatic carbocycles. The summed E-state index contributed by atoms with van der Waals surface area (Å²) >= 11 is 0. The first-order valence-electron chi connectivity index (χ1n) is 7.34. The van der Waals surface area contributed by atoms with E-state index in [9.17, 15) is 0 Å². The molecule has 0 aliphatic heterocycles. The molecule has 0 amide bonds. The minimum atomic E-state index is 0.403. The Morgan fingerprint density at radius 2 is 2.04 bits per heavy atom. The second-order valence-electron chi connectivity index (χ2n) is 5.01. The van der Waals surface area contributed by atoms with Crippen LogP contribution in [0.4, 0.5) is 0 Å².